The van der Waals surface area contributed by atoms with Crippen LogP contribution >= 0.6 is 0 Å². The third-order valence-corrected chi connectivity index (χ3v) is 4.71. The van der Waals surface area contributed by atoms with Crippen molar-refractivity contribution in [1.82, 2.24) is 9.97 Å². The second kappa shape index (κ2) is 8.16. The van der Waals surface area contributed by atoms with Gasteiger partial charge in [0.15, 0.2) is 5.82 Å². The summed E-state index contributed by atoms with van der Waals surface area (Å²) in [4.78, 5) is 20.8. The maximum Gasteiger partial charge on any atom is 0.241 e. The molecule has 132 valence electrons. The average Bonchev–Trinajstić information content (AvgIpc) is 2.91. The van der Waals surface area contributed by atoms with Gasteiger partial charge in [-0.3, -0.25) is 4.79 Å². The number of halogens is 1. The van der Waals surface area contributed by atoms with Gasteiger partial charge in [0, 0.05) is 5.56 Å². The monoisotopic (exact) mass is 342 g/mol. The number of hydrogen-bond donors (Lipinski definition) is 2. The molecule has 1 unspecified atom stereocenters. The van der Waals surface area contributed by atoms with E-state index in [-0.39, 0.29) is 17.6 Å². The topological polar surface area (TPSA) is 80.9 Å². The number of nitrogens with two attached hydrogens (primary N) is 1. The summed E-state index contributed by atoms with van der Waals surface area (Å²) in [5.41, 5.74) is 7.24. The fraction of sp³-hybridized carbons (Fsp3) is 0.421. The number of carbonyl (C=O) groups excluding carboxylic acids is 1. The highest BCUT2D eigenvalue weighted by Crippen LogP contribution is 2.25. The smallest absolute Gasteiger partial charge is 0.241 e. The zero-order valence-electron chi connectivity index (χ0n) is 14.1. The third-order valence-electron chi connectivity index (χ3n) is 4.71. The number of carbonyl (C=O) groups is 1. The predicted molar refractivity (Wildman–Crippen MR) is 95.2 cm³/mol. The number of aromatic nitrogens is 2. The van der Waals surface area contributed by atoms with Crippen LogP contribution in [0.4, 0.5) is 10.1 Å². The molecule has 1 heterocycles. The molecule has 1 amide bonds. The van der Waals surface area contributed by atoms with E-state index in [0.29, 0.717) is 17.1 Å². The summed E-state index contributed by atoms with van der Waals surface area (Å²) >= 11 is 0. The van der Waals surface area contributed by atoms with E-state index < -0.39 is 6.04 Å². The molecule has 1 fully saturated rings. The van der Waals surface area contributed by atoms with Crippen molar-refractivity contribution in [3.63, 3.8) is 0 Å². The molecule has 1 aliphatic carbocycles. The minimum absolute atomic E-state index is 0.200. The Kier molecular flexibility index (Phi) is 5.71. The first kappa shape index (κ1) is 17.5. The first-order valence-electron chi connectivity index (χ1n) is 8.78. The van der Waals surface area contributed by atoms with Gasteiger partial charge in [-0.05, 0) is 30.9 Å². The molecule has 6 heteroatoms. The van der Waals surface area contributed by atoms with Crippen molar-refractivity contribution in [3.8, 4) is 11.4 Å². The predicted octanol–water partition coefficient (Wildman–Crippen LogP) is 3.52. The van der Waals surface area contributed by atoms with E-state index in [1.54, 1.807) is 12.1 Å². The molecule has 1 aromatic heterocycles. The number of rotatable bonds is 4. The minimum atomic E-state index is -0.513. The van der Waals surface area contributed by atoms with Crippen molar-refractivity contribution >= 4 is 11.6 Å². The van der Waals surface area contributed by atoms with Crippen LogP contribution in [0.15, 0.2) is 36.7 Å². The van der Waals surface area contributed by atoms with Gasteiger partial charge in [-0.2, -0.15) is 0 Å². The summed E-state index contributed by atoms with van der Waals surface area (Å²) in [6.45, 7) is 0. The Balaban J connectivity index is 1.63. The largest absolute Gasteiger partial charge is 0.322 e. The van der Waals surface area contributed by atoms with E-state index in [9.17, 15) is 9.18 Å². The van der Waals surface area contributed by atoms with Gasteiger partial charge in [-0.25, -0.2) is 14.4 Å². The van der Waals surface area contributed by atoms with E-state index in [0.717, 1.165) is 25.7 Å². The van der Waals surface area contributed by atoms with Crippen LogP contribution in [0.2, 0.25) is 0 Å². The quantitative estimate of drug-likeness (QED) is 0.833. The molecule has 0 aliphatic heterocycles. The van der Waals surface area contributed by atoms with Crippen LogP contribution in [0.1, 0.15) is 38.5 Å². The highest BCUT2D eigenvalue weighted by atomic mass is 19.1. The lowest BCUT2D eigenvalue weighted by Gasteiger charge is -2.21. The fourth-order valence-electron chi connectivity index (χ4n) is 3.28. The zero-order chi connectivity index (χ0) is 17.6. The highest BCUT2D eigenvalue weighted by molar-refractivity contribution is 5.94. The van der Waals surface area contributed by atoms with Crippen LogP contribution in [0.5, 0.6) is 0 Å². The van der Waals surface area contributed by atoms with Crippen LogP contribution in [-0.2, 0) is 4.79 Å². The Morgan fingerprint density at radius 2 is 1.84 bits per heavy atom. The van der Waals surface area contributed by atoms with Crippen molar-refractivity contribution in [2.45, 2.75) is 44.6 Å². The van der Waals surface area contributed by atoms with Crippen molar-refractivity contribution in [2.75, 3.05) is 5.32 Å². The zero-order valence-corrected chi connectivity index (χ0v) is 14.1. The Morgan fingerprint density at radius 3 is 2.48 bits per heavy atom. The Labute approximate surface area is 146 Å². The molecule has 25 heavy (non-hydrogen) atoms. The van der Waals surface area contributed by atoms with Crippen molar-refractivity contribution in [3.05, 3.63) is 42.5 Å². The molecule has 1 atom stereocenters. The summed E-state index contributed by atoms with van der Waals surface area (Å²) < 4.78 is 13.3. The summed E-state index contributed by atoms with van der Waals surface area (Å²) in [5.74, 6) is 0.0995. The number of hydrogen-bond acceptors (Lipinski definition) is 4. The van der Waals surface area contributed by atoms with Crippen LogP contribution in [-0.4, -0.2) is 21.9 Å². The average molecular weight is 342 g/mol. The van der Waals surface area contributed by atoms with Crippen LogP contribution in [0, 0.1) is 11.7 Å². The number of amides is 1. The van der Waals surface area contributed by atoms with Crippen molar-refractivity contribution in [1.29, 1.82) is 0 Å². The molecule has 1 saturated carbocycles. The molecule has 0 bridgehead atoms. The Bertz CT molecular complexity index is 712. The molecular weight excluding hydrogens is 319 g/mol. The van der Waals surface area contributed by atoms with Crippen molar-refractivity contribution < 1.29 is 9.18 Å². The van der Waals surface area contributed by atoms with Gasteiger partial charge in [-0.1, -0.05) is 37.8 Å². The van der Waals surface area contributed by atoms with E-state index in [1.807, 2.05) is 0 Å². The van der Waals surface area contributed by atoms with Gasteiger partial charge in [0.2, 0.25) is 5.91 Å². The Hall–Kier alpha value is -2.34. The lowest BCUT2D eigenvalue weighted by atomic mass is 9.92. The Morgan fingerprint density at radius 1 is 1.16 bits per heavy atom. The number of benzene rings is 1. The molecule has 3 rings (SSSR count). The molecule has 0 saturated heterocycles. The molecular formula is C19H23FN4O. The van der Waals surface area contributed by atoms with Gasteiger partial charge >= 0.3 is 0 Å². The van der Waals surface area contributed by atoms with Crippen LogP contribution < -0.4 is 11.1 Å². The second-order valence-corrected chi connectivity index (χ2v) is 6.57. The molecule has 2 aromatic rings. The molecule has 0 spiro atoms. The van der Waals surface area contributed by atoms with E-state index in [4.69, 9.17) is 5.73 Å². The first-order chi connectivity index (χ1) is 12.1. The van der Waals surface area contributed by atoms with E-state index in [1.165, 1.54) is 37.4 Å². The van der Waals surface area contributed by atoms with Crippen molar-refractivity contribution in [2.24, 2.45) is 11.7 Å². The minimum Gasteiger partial charge on any atom is -0.322 e. The van der Waals surface area contributed by atoms with Gasteiger partial charge < -0.3 is 11.1 Å². The number of nitrogens with one attached hydrogen (secondary N) is 1. The number of nitrogens with zero attached hydrogens (tertiary/aromatic N) is 2. The molecule has 3 N–H and O–H groups in total. The lowest BCUT2D eigenvalue weighted by molar-refractivity contribution is -0.118. The fourth-order valence-corrected chi connectivity index (χ4v) is 3.28. The second-order valence-electron chi connectivity index (χ2n) is 6.57. The summed E-state index contributed by atoms with van der Waals surface area (Å²) in [6.07, 6.45) is 9.76. The maximum atomic E-state index is 13.3. The van der Waals surface area contributed by atoms with Crippen LogP contribution in [0.3, 0.4) is 0 Å². The first-order valence-corrected chi connectivity index (χ1v) is 8.78. The van der Waals surface area contributed by atoms with E-state index in [2.05, 4.69) is 15.3 Å². The molecule has 5 nitrogen and oxygen atoms in total. The molecule has 1 aromatic carbocycles. The summed E-state index contributed by atoms with van der Waals surface area (Å²) in [5, 5.41) is 2.79. The summed E-state index contributed by atoms with van der Waals surface area (Å²) in [6, 6.07) is 5.57. The van der Waals surface area contributed by atoms with Crippen LogP contribution in [0.25, 0.3) is 11.4 Å². The standard InChI is InChI=1S/C19H23FN4O/c20-15-9-5-8-14(10-15)18-22-11-16(12-23-18)24-19(25)17(21)13-6-3-1-2-4-7-13/h5,8-13,17H,1-4,6-7,21H2,(H,24,25). The lowest BCUT2D eigenvalue weighted by Crippen LogP contribution is -2.41. The van der Waals surface area contributed by atoms with Gasteiger partial charge in [0.05, 0.1) is 24.1 Å². The molecule has 1 aliphatic rings. The molecule has 0 radical (unpaired) electrons. The van der Waals surface area contributed by atoms with Gasteiger partial charge in [0.1, 0.15) is 5.82 Å². The summed E-state index contributed by atoms with van der Waals surface area (Å²) in [7, 11) is 0. The third kappa shape index (κ3) is 4.60. The van der Waals surface area contributed by atoms with Gasteiger partial charge in [-0.15, -0.1) is 0 Å². The number of anilines is 1. The van der Waals surface area contributed by atoms with Gasteiger partial charge in [0.25, 0.3) is 0 Å². The SMILES string of the molecule is NC(C(=O)Nc1cnc(-c2cccc(F)c2)nc1)C1CCCCCC1. The normalized spacial score (nSPS) is 16.9. The van der Waals surface area contributed by atoms with E-state index >= 15 is 0 Å². The maximum absolute atomic E-state index is 13.3. The highest BCUT2D eigenvalue weighted by Gasteiger charge is 2.25.